The molecule has 0 spiro atoms. The lowest BCUT2D eigenvalue weighted by atomic mass is 10.2. The minimum Gasteiger partial charge on any atom is -0.458 e. The zero-order valence-electron chi connectivity index (χ0n) is 10.2. The summed E-state index contributed by atoms with van der Waals surface area (Å²) in [6, 6.07) is 11.9. The predicted molar refractivity (Wildman–Crippen MR) is 72.9 cm³/mol. The molecule has 1 heterocycles. The van der Waals surface area contributed by atoms with Crippen LogP contribution >= 0.6 is 11.8 Å². The van der Waals surface area contributed by atoms with Crippen LogP contribution in [-0.2, 0) is 11.3 Å². The Morgan fingerprint density at radius 2 is 1.94 bits per heavy atom. The number of carbonyl (C=O) groups excluding carboxylic acids is 1. The molecule has 0 radical (unpaired) electrons. The molecule has 1 aromatic carbocycles. The Morgan fingerprint density at radius 3 is 2.67 bits per heavy atom. The van der Waals surface area contributed by atoms with E-state index >= 15 is 0 Å². The average Bonchev–Trinajstić information content (AvgIpc) is 2.85. The van der Waals surface area contributed by atoms with Crippen molar-refractivity contribution >= 4 is 17.1 Å². The smallest absolute Gasteiger partial charge is 0.372 e. The third-order valence-corrected chi connectivity index (χ3v) is 3.35. The number of aromatic nitrogens is 1. The van der Waals surface area contributed by atoms with Gasteiger partial charge >= 0.3 is 5.30 Å². The topological polar surface area (TPSA) is 31.2 Å². The van der Waals surface area contributed by atoms with E-state index in [2.05, 4.69) is 4.57 Å². The second-order valence-electron chi connectivity index (χ2n) is 3.75. The van der Waals surface area contributed by atoms with Crippen LogP contribution in [0.4, 0.5) is 4.79 Å². The van der Waals surface area contributed by atoms with Gasteiger partial charge in [-0.25, -0.2) is 4.79 Å². The van der Waals surface area contributed by atoms with Crippen molar-refractivity contribution in [3.05, 3.63) is 54.4 Å². The van der Waals surface area contributed by atoms with E-state index in [0.717, 1.165) is 28.8 Å². The summed E-state index contributed by atoms with van der Waals surface area (Å²) in [5.41, 5.74) is 1.12. The minimum atomic E-state index is -0.252. The summed E-state index contributed by atoms with van der Waals surface area (Å²) in [7, 11) is 0. The lowest BCUT2D eigenvalue weighted by Gasteiger charge is -2.09. The molecule has 94 valence electrons. The zero-order valence-corrected chi connectivity index (χ0v) is 11.0. The summed E-state index contributed by atoms with van der Waals surface area (Å²) >= 11 is 1.14. The SMILES string of the molecule is CCOC(=O)Sc1ccccc1Cn1cccc1. The quantitative estimate of drug-likeness (QED) is 0.620. The van der Waals surface area contributed by atoms with Gasteiger partial charge in [0.25, 0.3) is 0 Å². The maximum Gasteiger partial charge on any atom is 0.372 e. The Hall–Kier alpha value is -1.68. The van der Waals surface area contributed by atoms with E-state index in [1.165, 1.54) is 0 Å². The van der Waals surface area contributed by atoms with Crippen LogP contribution in [0.1, 0.15) is 12.5 Å². The van der Waals surface area contributed by atoms with E-state index in [9.17, 15) is 4.79 Å². The van der Waals surface area contributed by atoms with Crippen molar-refractivity contribution in [3.8, 4) is 0 Å². The van der Waals surface area contributed by atoms with Crippen LogP contribution < -0.4 is 0 Å². The summed E-state index contributed by atoms with van der Waals surface area (Å²) in [6.45, 7) is 2.98. The van der Waals surface area contributed by atoms with Crippen molar-refractivity contribution < 1.29 is 9.53 Å². The number of benzene rings is 1. The van der Waals surface area contributed by atoms with Crippen LogP contribution in [0.3, 0.4) is 0 Å². The molecular formula is C14H15NO2S. The van der Waals surface area contributed by atoms with E-state index in [1.54, 1.807) is 0 Å². The molecule has 0 aliphatic carbocycles. The van der Waals surface area contributed by atoms with Crippen LogP contribution in [0, 0.1) is 0 Å². The standard InChI is InChI=1S/C14H15NO2S/c1-2-17-14(16)18-13-8-4-3-7-12(13)11-15-9-5-6-10-15/h3-10H,2,11H2,1H3. The van der Waals surface area contributed by atoms with Gasteiger partial charge < -0.3 is 9.30 Å². The Kier molecular flexibility index (Phi) is 4.47. The molecule has 0 fully saturated rings. The number of ether oxygens (including phenoxy) is 1. The molecule has 0 aliphatic rings. The van der Waals surface area contributed by atoms with E-state index in [1.807, 2.05) is 55.7 Å². The Morgan fingerprint density at radius 1 is 1.22 bits per heavy atom. The van der Waals surface area contributed by atoms with Gasteiger partial charge in [0, 0.05) is 23.8 Å². The summed E-state index contributed by atoms with van der Waals surface area (Å²) in [4.78, 5) is 12.4. The van der Waals surface area contributed by atoms with Gasteiger partial charge in [-0.1, -0.05) is 18.2 Å². The van der Waals surface area contributed by atoms with E-state index in [-0.39, 0.29) is 5.30 Å². The second-order valence-corrected chi connectivity index (χ2v) is 4.73. The van der Waals surface area contributed by atoms with Gasteiger partial charge in [-0.3, -0.25) is 0 Å². The van der Waals surface area contributed by atoms with Gasteiger partial charge in [-0.05, 0) is 42.4 Å². The van der Waals surface area contributed by atoms with Crippen molar-refractivity contribution in [1.82, 2.24) is 4.57 Å². The van der Waals surface area contributed by atoms with Crippen LogP contribution in [-0.4, -0.2) is 16.5 Å². The molecule has 2 rings (SSSR count). The molecule has 2 aromatic rings. The molecule has 0 unspecified atom stereocenters. The zero-order chi connectivity index (χ0) is 12.8. The number of carbonyl (C=O) groups is 1. The second kappa shape index (κ2) is 6.31. The Bertz CT molecular complexity index is 508. The van der Waals surface area contributed by atoms with Crippen molar-refractivity contribution in [1.29, 1.82) is 0 Å². The highest BCUT2D eigenvalue weighted by atomic mass is 32.2. The van der Waals surface area contributed by atoms with Crippen molar-refractivity contribution in [2.45, 2.75) is 18.4 Å². The monoisotopic (exact) mass is 261 g/mol. The summed E-state index contributed by atoms with van der Waals surface area (Å²) in [6.07, 6.45) is 4.01. The van der Waals surface area contributed by atoms with E-state index in [4.69, 9.17) is 4.74 Å². The highest BCUT2D eigenvalue weighted by molar-refractivity contribution is 8.13. The first kappa shape index (κ1) is 12.8. The average molecular weight is 261 g/mol. The molecule has 18 heavy (non-hydrogen) atoms. The van der Waals surface area contributed by atoms with Crippen LogP contribution in [0.2, 0.25) is 0 Å². The van der Waals surface area contributed by atoms with Crippen LogP contribution in [0.25, 0.3) is 0 Å². The molecule has 1 aromatic heterocycles. The van der Waals surface area contributed by atoms with Crippen LogP contribution in [0.15, 0.2) is 53.7 Å². The van der Waals surface area contributed by atoms with Gasteiger partial charge in [0.15, 0.2) is 0 Å². The summed E-state index contributed by atoms with van der Waals surface area (Å²) < 4.78 is 7.03. The fourth-order valence-electron chi connectivity index (χ4n) is 1.64. The summed E-state index contributed by atoms with van der Waals surface area (Å²) in [5.74, 6) is 0. The van der Waals surface area contributed by atoms with Gasteiger partial charge in [-0.2, -0.15) is 0 Å². The number of rotatable bonds is 4. The lowest BCUT2D eigenvalue weighted by molar-refractivity contribution is 0.181. The molecule has 0 aliphatic heterocycles. The maximum absolute atomic E-state index is 11.5. The molecule has 0 saturated carbocycles. The molecule has 3 nitrogen and oxygen atoms in total. The molecule has 0 amide bonds. The number of hydrogen-bond acceptors (Lipinski definition) is 3. The first-order valence-electron chi connectivity index (χ1n) is 5.83. The molecule has 0 saturated heterocycles. The number of hydrogen-bond donors (Lipinski definition) is 0. The highest BCUT2D eigenvalue weighted by Gasteiger charge is 2.09. The third-order valence-electron chi connectivity index (χ3n) is 2.45. The molecule has 0 atom stereocenters. The Balaban J connectivity index is 2.12. The molecular weight excluding hydrogens is 246 g/mol. The van der Waals surface area contributed by atoms with Gasteiger partial charge in [-0.15, -0.1) is 0 Å². The maximum atomic E-state index is 11.5. The first-order chi connectivity index (χ1) is 8.79. The predicted octanol–water partition coefficient (Wildman–Crippen LogP) is 3.79. The number of thioether (sulfide) groups is 1. The molecule has 0 bridgehead atoms. The minimum absolute atomic E-state index is 0.252. The normalized spacial score (nSPS) is 10.3. The van der Waals surface area contributed by atoms with Gasteiger partial charge in [0.05, 0.1) is 6.61 Å². The lowest BCUT2D eigenvalue weighted by Crippen LogP contribution is -2.01. The fourth-order valence-corrected chi connectivity index (χ4v) is 2.41. The van der Waals surface area contributed by atoms with Crippen molar-refractivity contribution in [2.24, 2.45) is 0 Å². The van der Waals surface area contributed by atoms with Crippen LogP contribution in [0.5, 0.6) is 0 Å². The highest BCUT2D eigenvalue weighted by Crippen LogP contribution is 2.25. The Labute approximate surface area is 111 Å². The van der Waals surface area contributed by atoms with Gasteiger partial charge in [0.2, 0.25) is 0 Å². The van der Waals surface area contributed by atoms with Crippen molar-refractivity contribution in [2.75, 3.05) is 6.61 Å². The number of nitrogens with zero attached hydrogens (tertiary/aromatic N) is 1. The molecule has 4 heteroatoms. The van der Waals surface area contributed by atoms with Crippen molar-refractivity contribution in [3.63, 3.8) is 0 Å². The molecule has 0 N–H and O–H groups in total. The first-order valence-corrected chi connectivity index (χ1v) is 6.64. The summed E-state index contributed by atoms with van der Waals surface area (Å²) in [5, 5.41) is -0.252. The third kappa shape index (κ3) is 3.40. The van der Waals surface area contributed by atoms with E-state index in [0.29, 0.717) is 6.61 Å². The van der Waals surface area contributed by atoms with E-state index < -0.39 is 0 Å². The van der Waals surface area contributed by atoms with Gasteiger partial charge in [0.1, 0.15) is 0 Å². The fraction of sp³-hybridized carbons (Fsp3) is 0.214. The largest absolute Gasteiger partial charge is 0.458 e.